The molecule has 3 fully saturated rings. The van der Waals surface area contributed by atoms with E-state index >= 15 is 0 Å². The van der Waals surface area contributed by atoms with E-state index in [0.717, 1.165) is 24.2 Å². The molecule has 10 nitrogen and oxygen atoms in total. The van der Waals surface area contributed by atoms with E-state index in [-0.39, 0.29) is 27.7 Å². The molecular formula is C23H27N5O5S. The lowest BCUT2D eigenvalue weighted by molar-refractivity contribution is -0.188. The van der Waals surface area contributed by atoms with E-state index in [1.165, 1.54) is 0 Å². The van der Waals surface area contributed by atoms with Crippen molar-refractivity contribution in [3.8, 4) is 0 Å². The highest BCUT2D eigenvalue weighted by atomic mass is 32.1. The molecule has 1 aromatic heterocycles. The number of carbonyl (C=O) groups excluding carboxylic acids is 3. The van der Waals surface area contributed by atoms with Gasteiger partial charge in [0.05, 0.1) is 19.1 Å². The number of rotatable bonds is 4. The van der Waals surface area contributed by atoms with Gasteiger partial charge >= 0.3 is 0 Å². The summed E-state index contributed by atoms with van der Waals surface area (Å²) in [6.07, 6.45) is 2.84. The maximum absolute atomic E-state index is 13.2. The van der Waals surface area contributed by atoms with Crippen LogP contribution in [-0.4, -0.2) is 82.9 Å². The number of benzene rings is 1. The summed E-state index contributed by atoms with van der Waals surface area (Å²) in [5.74, 6) is -1.39. The highest BCUT2D eigenvalue weighted by Gasteiger charge is 2.42. The molecule has 34 heavy (non-hydrogen) atoms. The van der Waals surface area contributed by atoms with Crippen LogP contribution in [0.2, 0.25) is 0 Å². The van der Waals surface area contributed by atoms with Gasteiger partial charge in [-0.1, -0.05) is 29.5 Å². The summed E-state index contributed by atoms with van der Waals surface area (Å²) in [5, 5.41) is 10.9. The molecule has 1 atom stereocenters. The Morgan fingerprint density at radius 3 is 2.41 bits per heavy atom. The number of amides is 3. The summed E-state index contributed by atoms with van der Waals surface area (Å²) >= 11 is 0.962. The summed E-state index contributed by atoms with van der Waals surface area (Å²) in [7, 11) is 0. The van der Waals surface area contributed by atoms with Crippen molar-refractivity contribution in [3.63, 3.8) is 0 Å². The van der Waals surface area contributed by atoms with E-state index in [1.807, 2.05) is 23.1 Å². The average molecular weight is 486 g/mol. The number of ether oxygens (including phenoxy) is 2. The summed E-state index contributed by atoms with van der Waals surface area (Å²) in [4.78, 5) is 42.2. The van der Waals surface area contributed by atoms with Gasteiger partial charge < -0.3 is 24.6 Å². The fourth-order valence-electron chi connectivity index (χ4n) is 4.72. The second-order valence-corrected chi connectivity index (χ2v) is 9.73. The molecule has 5 rings (SSSR count). The Kier molecular flexibility index (Phi) is 6.57. The molecule has 4 heterocycles. The highest BCUT2D eigenvalue weighted by Crippen LogP contribution is 2.32. The normalized spacial score (nSPS) is 22.1. The molecule has 0 aliphatic carbocycles. The number of anilines is 1. The van der Waals surface area contributed by atoms with Crippen molar-refractivity contribution in [1.82, 2.24) is 20.0 Å². The molecule has 3 saturated heterocycles. The van der Waals surface area contributed by atoms with Crippen LogP contribution in [0.15, 0.2) is 30.3 Å². The molecule has 11 heteroatoms. The second kappa shape index (κ2) is 9.77. The molecule has 3 aliphatic heterocycles. The van der Waals surface area contributed by atoms with Crippen molar-refractivity contribution in [3.05, 3.63) is 40.3 Å². The zero-order chi connectivity index (χ0) is 23.5. The van der Waals surface area contributed by atoms with Gasteiger partial charge in [-0.15, -0.1) is 10.2 Å². The number of carbonyl (C=O) groups is 3. The van der Waals surface area contributed by atoms with Crippen LogP contribution in [-0.2, 0) is 14.3 Å². The predicted molar refractivity (Wildman–Crippen MR) is 123 cm³/mol. The van der Waals surface area contributed by atoms with Crippen molar-refractivity contribution in [2.45, 2.75) is 31.5 Å². The number of likely N-dealkylation sites (tertiary alicyclic amines) is 2. The number of piperidine rings is 2. The van der Waals surface area contributed by atoms with Gasteiger partial charge in [0, 0.05) is 44.7 Å². The highest BCUT2D eigenvalue weighted by molar-refractivity contribution is 7.15. The third-order valence-corrected chi connectivity index (χ3v) is 7.45. The van der Waals surface area contributed by atoms with Gasteiger partial charge in [0.2, 0.25) is 15.9 Å². The van der Waals surface area contributed by atoms with E-state index in [4.69, 9.17) is 9.47 Å². The van der Waals surface area contributed by atoms with E-state index in [2.05, 4.69) is 15.5 Å². The third-order valence-electron chi connectivity index (χ3n) is 6.54. The summed E-state index contributed by atoms with van der Waals surface area (Å²) in [6.45, 7) is 3.30. The first-order valence-electron chi connectivity index (χ1n) is 11.6. The molecule has 1 aromatic carbocycles. The third kappa shape index (κ3) is 4.82. The SMILES string of the molecule is O=C(Nc1ccccc1)c1nnc(C(=O)N2CCCC(C(=O)N3CCC4(CC3)OCCO4)C2)s1. The summed E-state index contributed by atoms with van der Waals surface area (Å²) in [5.41, 5.74) is 0.641. The van der Waals surface area contributed by atoms with E-state index in [1.54, 1.807) is 17.0 Å². The second-order valence-electron chi connectivity index (χ2n) is 8.76. The minimum atomic E-state index is -0.520. The first kappa shape index (κ1) is 22.9. The number of aromatic nitrogens is 2. The maximum atomic E-state index is 13.2. The predicted octanol–water partition coefficient (Wildman–Crippen LogP) is 2.01. The Labute approximate surface area is 201 Å². The Balaban J connectivity index is 1.17. The molecule has 2 aromatic rings. The lowest BCUT2D eigenvalue weighted by Crippen LogP contribution is -2.51. The van der Waals surface area contributed by atoms with Crippen LogP contribution in [0.4, 0.5) is 5.69 Å². The molecule has 1 N–H and O–H groups in total. The van der Waals surface area contributed by atoms with Gasteiger partial charge in [-0.25, -0.2) is 0 Å². The van der Waals surface area contributed by atoms with Crippen molar-refractivity contribution < 1.29 is 23.9 Å². The van der Waals surface area contributed by atoms with Crippen molar-refractivity contribution in [2.75, 3.05) is 44.7 Å². The molecule has 1 spiro atoms. The lowest BCUT2D eigenvalue weighted by atomic mass is 9.94. The van der Waals surface area contributed by atoms with Crippen LogP contribution in [0.1, 0.15) is 45.3 Å². The molecule has 0 saturated carbocycles. The minimum absolute atomic E-state index is 0.0746. The molecule has 0 radical (unpaired) electrons. The van der Waals surface area contributed by atoms with Crippen LogP contribution in [0, 0.1) is 5.92 Å². The average Bonchev–Trinajstić information content (AvgIpc) is 3.55. The smallest absolute Gasteiger partial charge is 0.286 e. The Morgan fingerprint density at radius 1 is 0.971 bits per heavy atom. The van der Waals surface area contributed by atoms with E-state index in [9.17, 15) is 14.4 Å². The number of hydrogen-bond acceptors (Lipinski definition) is 8. The van der Waals surface area contributed by atoms with Gasteiger partial charge in [0.15, 0.2) is 5.79 Å². The zero-order valence-electron chi connectivity index (χ0n) is 18.8. The molecular weight excluding hydrogens is 458 g/mol. The summed E-state index contributed by atoms with van der Waals surface area (Å²) < 4.78 is 11.5. The van der Waals surface area contributed by atoms with E-state index < -0.39 is 11.7 Å². The van der Waals surface area contributed by atoms with Crippen LogP contribution in [0.3, 0.4) is 0 Å². The van der Waals surface area contributed by atoms with Crippen LogP contribution < -0.4 is 5.32 Å². The number of nitrogens with zero attached hydrogens (tertiary/aromatic N) is 4. The maximum Gasteiger partial charge on any atom is 0.286 e. The Morgan fingerprint density at radius 2 is 1.68 bits per heavy atom. The van der Waals surface area contributed by atoms with Crippen molar-refractivity contribution >= 4 is 34.7 Å². The standard InChI is InChI=1S/C23H27N5O5S/c29-18(24-17-6-2-1-3-7-17)19-25-26-20(34-19)22(31)28-10-4-5-16(15-28)21(30)27-11-8-23(9-12-27)32-13-14-33-23/h1-3,6-7,16H,4-5,8-15H2,(H,24,29). The molecule has 3 amide bonds. The van der Waals surface area contributed by atoms with Gasteiger partial charge in [-0.3, -0.25) is 14.4 Å². The van der Waals surface area contributed by atoms with Gasteiger partial charge in [-0.2, -0.15) is 0 Å². The summed E-state index contributed by atoms with van der Waals surface area (Å²) in [6, 6.07) is 9.03. The molecule has 180 valence electrons. The quantitative estimate of drug-likeness (QED) is 0.705. The fraction of sp³-hybridized carbons (Fsp3) is 0.522. The monoisotopic (exact) mass is 485 g/mol. The van der Waals surface area contributed by atoms with Crippen LogP contribution >= 0.6 is 11.3 Å². The Bertz CT molecular complexity index is 1050. The van der Waals surface area contributed by atoms with Crippen molar-refractivity contribution in [2.24, 2.45) is 5.92 Å². The van der Waals surface area contributed by atoms with Gasteiger partial charge in [0.25, 0.3) is 11.8 Å². The first-order chi connectivity index (χ1) is 16.5. The fourth-order valence-corrected chi connectivity index (χ4v) is 5.42. The Hall–Kier alpha value is -2.89. The number of para-hydroxylation sites is 1. The molecule has 0 bridgehead atoms. The molecule has 3 aliphatic rings. The van der Waals surface area contributed by atoms with Gasteiger partial charge in [0.1, 0.15) is 0 Å². The molecule has 1 unspecified atom stereocenters. The lowest BCUT2D eigenvalue weighted by Gasteiger charge is -2.40. The minimum Gasteiger partial charge on any atom is -0.347 e. The zero-order valence-corrected chi connectivity index (χ0v) is 19.6. The van der Waals surface area contributed by atoms with Crippen LogP contribution in [0.5, 0.6) is 0 Å². The van der Waals surface area contributed by atoms with Crippen molar-refractivity contribution in [1.29, 1.82) is 0 Å². The largest absolute Gasteiger partial charge is 0.347 e. The van der Waals surface area contributed by atoms with Crippen LogP contribution in [0.25, 0.3) is 0 Å². The first-order valence-corrected chi connectivity index (χ1v) is 12.4. The van der Waals surface area contributed by atoms with E-state index in [0.29, 0.717) is 57.9 Å². The topological polar surface area (TPSA) is 114 Å². The number of hydrogen-bond donors (Lipinski definition) is 1. The number of nitrogens with one attached hydrogen (secondary N) is 1. The van der Waals surface area contributed by atoms with Gasteiger partial charge in [-0.05, 0) is 25.0 Å².